The molecule has 1 fully saturated rings. The monoisotopic (exact) mass is 298 g/mol. The molecular weight excluding hydrogens is 282 g/mol. The molecule has 108 valence electrons. The number of halogens is 2. The predicted octanol–water partition coefficient (Wildman–Crippen LogP) is 3.35. The molecule has 0 saturated heterocycles. The Bertz CT molecular complexity index is 514. The van der Waals surface area contributed by atoms with Crippen molar-refractivity contribution < 1.29 is 13.6 Å². The number of rotatable bonds is 1. The lowest BCUT2D eigenvalue weighted by Gasteiger charge is -2.34. The molecule has 0 unspecified atom stereocenters. The van der Waals surface area contributed by atoms with Crippen molar-refractivity contribution in [2.45, 2.75) is 36.6 Å². The lowest BCUT2D eigenvalue weighted by molar-refractivity contribution is -0.126. The lowest BCUT2D eigenvalue weighted by atomic mass is 9.86. The lowest BCUT2D eigenvalue weighted by Crippen LogP contribution is -2.42. The maximum Gasteiger partial charge on any atom is 0.248 e. The molecule has 1 amide bonds. The normalized spacial score (nSPS) is 22.4. The number of nitrogens with zero attached hydrogens (tertiary/aromatic N) is 2. The Labute approximate surface area is 120 Å². The highest BCUT2D eigenvalue weighted by atomic mass is 32.2. The summed E-state index contributed by atoms with van der Waals surface area (Å²) in [5, 5.41) is 0.855. The number of aromatic nitrogens is 1. The molecule has 1 aromatic heterocycles. The number of carbonyl (C=O) groups is 1. The van der Waals surface area contributed by atoms with Crippen molar-refractivity contribution in [1.82, 2.24) is 4.98 Å². The molecule has 20 heavy (non-hydrogen) atoms. The molecule has 0 spiro atoms. The van der Waals surface area contributed by atoms with Crippen molar-refractivity contribution in [2.75, 3.05) is 17.2 Å². The van der Waals surface area contributed by atoms with Crippen LogP contribution in [0.15, 0.2) is 23.4 Å². The van der Waals surface area contributed by atoms with E-state index >= 15 is 0 Å². The number of alkyl halides is 2. The molecule has 1 aliphatic carbocycles. The first-order valence-corrected chi connectivity index (χ1v) is 7.82. The molecule has 1 saturated carbocycles. The van der Waals surface area contributed by atoms with Gasteiger partial charge in [0.15, 0.2) is 0 Å². The van der Waals surface area contributed by atoms with Crippen LogP contribution in [-0.2, 0) is 4.79 Å². The zero-order chi connectivity index (χ0) is 14.2. The first-order chi connectivity index (χ1) is 9.57. The molecule has 2 heterocycles. The predicted molar refractivity (Wildman–Crippen MR) is 74.2 cm³/mol. The Balaban J connectivity index is 1.76. The van der Waals surface area contributed by atoms with Crippen molar-refractivity contribution >= 4 is 23.4 Å². The number of thioether (sulfide) groups is 1. The van der Waals surface area contributed by atoms with Crippen LogP contribution in [0.5, 0.6) is 0 Å². The number of amides is 1. The number of fused-ring (bicyclic) bond motifs is 1. The van der Waals surface area contributed by atoms with Gasteiger partial charge in [-0.2, -0.15) is 0 Å². The van der Waals surface area contributed by atoms with E-state index in [0.717, 1.165) is 16.5 Å². The topological polar surface area (TPSA) is 33.2 Å². The van der Waals surface area contributed by atoms with E-state index in [2.05, 4.69) is 4.98 Å². The van der Waals surface area contributed by atoms with E-state index in [1.165, 1.54) is 0 Å². The van der Waals surface area contributed by atoms with Crippen molar-refractivity contribution in [3.63, 3.8) is 0 Å². The quantitative estimate of drug-likeness (QED) is 0.797. The Morgan fingerprint density at radius 3 is 2.90 bits per heavy atom. The third-order valence-corrected chi connectivity index (χ3v) is 4.90. The molecule has 0 aromatic carbocycles. The van der Waals surface area contributed by atoms with Crippen LogP contribution >= 0.6 is 11.8 Å². The summed E-state index contributed by atoms with van der Waals surface area (Å²) in [5.74, 6) is -2.08. The van der Waals surface area contributed by atoms with Gasteiger partial charge >= 0.3 is 0 Å². The second-order valence-corrected chi connectivity index (χ2v) is 6.38. The van der Waals surface area contributed by atoms with Gasteiger partial charge in [-0.3, -0.25) is 4.79 Å². The Morgan fingerprint density at radius 1 is 1.40 bits per heavy atom. The Hall–Kier alpha value is -1.17. The SMILES string of the molecule is O=C(C1CCC(F)(F)CC1)N1CCSc2ncccc21. The minimum atomic E-state index is -2.59. The summed E-state index contributed by atoms with van der Waals surface area (Å²) in [6.07, 6.45) is 1.93. The van der Waals surface area contributed by atoms with E-state index < -0.39 is 5.92 Å². The average molecular weight is 298 g/mol. The minimum absolute atomic E-state index is 0.0185. The summed E-state index contributed by atoms with van der Waals surface area (Å²) in [5.41, 5.74) is 0.825. The minimum Gasteiger partial charge on any atom is -0.309 e. The van der Waals surface area contributed by atoms with Gasteiger partial charge in [-0.15, -0.1) is 11.8 Å². The number of pyridine rings is 1. The largest absolute Gasteiger partial charge is 0.309 e. The molecule has 3 nitrogen and oxygen atoms in total. The molecule has 2 aliphatic rings. The first-order valence-electron chi connectivity index (χ1n) is 6.84. The van der Waals surface area contributed by atoms with Crippen LogP contribution < -0.4 is 4.90 Å². The van der Waals surface area contributed by atoms with Crippen molar-refractivity contribution in [3.8, 4) is 0 Å². The van der Waals surface area contributed by atoms with Crippen LogP contribution in [0.2, 0.25) is 0 Å². The highest BCUT2D eigenvalue weighted by Gasteiger charge is 2.39. The first kappa shape index (κ1) is 13.8. The molecule has 3 rings (SSSR count). The fourth-order valence-corrected chi connectivity index (χ4v) is 3.72. The molecule has 1 aliphatic heterocycles. The van der Waals surface area contributed by atoms with Crippen molar-refractivity contribution in [3.05, 3.63) is 18.3 Å². The maximum atomic E-state index is 13.2. The third kappa shape index (κ3) is 2.66. The highest BCUT2D eigenvalue weighted by molar-refractivity contribution is 7.99. The van der Waals surface area contributed by atoms with Gasteiger partial charge in [0.05, 0.1) is 5.69 Å². The summed E-state index contributed by atoms with van der Waals surface area (Å²) in [7, 11) is 0. The van der Waals surface area contributed by atoms with Gasteiger partial charge in [0.25, 0.3) is 0 Å². The van der Waals surface area contributed by atoms with Gasteiger partial charge in [0.2, 0.25) is 11.8 Å². The molecule has 0 atom stereocenters. The number of hydrogen-bond acceptors (Lipinski definition) is 3. The second-order valence-electron chi connectivity index (χ2n) is 5.30. The van der Waals surface area contributed by atoms with Gasteiger partial charge in [0, 0.05) is 37.3 Å². The van der Waals surface area contributed by atoms with Crippen molar-refractivity contribution in [1.29, 1.82) is 0 Å². The molecule has 0 N–H and O–H groups in total. The van der Waals surface area contributed by atoms with E-state index in [0.29, 0.717) is 6.54 Å². The standard InChI is InChI=1S/C14H16F2N2OS/c15-14(16)5-3-10(4-6-14)13(19)18-8-9-20-12-11(18)2-1-7-17-12/h1-2,7,10H,3-6,8-9H2. The van der Waals surface area contributed by atoms with E-state index in [-0.39, 0.29) is 37.5 Å². The van der Waals surface area contributed by atoms with E-state index in [9.17, 15) is 13.6 Å². The van der Waals surface area contributed by atoms with E-state index in [1.54, 1.807) is 28.9 Å². The van der Waals surface area contributed by atoms with Crippen LogP contribution in [-0.4, -0.2) is 29.1 Å². The second kappa shape index (κ2) is 5.31. The summed E-state index contributed by atoms with van der Waals surface area (Å²) in [6, 6.07) is 3.68. The summed E-state index contributed by atoms with van der Waals surface area (Å²) >= 11 is 1.63. The number of hydrogen-bond donors (Lipinski definition) is 0. The Kier molecular flexibility index (Phi) is 3.67. The fraction of sp³-hybridized carbons (Fsp3) is 0.571. The van der Waals surface area contributed by atoms with Crippen molar-refractivity contribution in [2.24, 2.45) is 5.92 Å². The van der Waals surface area contributed by atoms with E-state index in [4.69, 9.17) is 0 Å². The van der Waals surface area contributed by atoms with Crippen LogP contribution in [0.25, 0.3) is 0 Å². The zero-order valence-electron chi connectivity index (χ0n) is 11.0. The van der Waals surface area contributed by atoms with Gasteiger partial charge in [-0.1, -0.05) is 0 Å². The summed E-state index contributed by atoms with van der Waals surface area (Å²) in [6.45, 7) is 0.634. The third-order valence-electron chi connectivity index (χ3n) is 3.93. The van der Waals surface area contributed by atoms with Crippen LogP contribution in [0.1, 0.15) is 25.7 Å². The van der Waals surface area contributed by atoms with Gasteiger partial charge in [-0.05, 0) is 25.0 Å². The number of anilines is 1. The molecule has 0 bridgehead atoms. The molecule has 6 heteroatoms. The summed E-state index contributed by atoms with van der Waals surface area (Å²) in [4.78, 5) is 18.6. The van der Waals surface area contributed by atoms with Crippen LogP contribution in [0.4, 0.5) is 14.5 Å². The number of carbonyl (C=O) groups excluding carboxylic acids is 1. The van der Waals surface area contributed by atoms with Gasteiger partial charge in [-0.25, -0.2) is 13.8 Å². The average Bonchev–Trinajstić information content (AvgIpc) is 2.46. The van der Waals surface area contributed by atoms with Gasteiger partial charge < -0.3 is 4.90 Å². The molecule has 1 aromatic rings. The van der Waals surface area contributed by atoms with E-state index in [1.807, 2.05) is 6.07 Å². The smallest absolute Gasteiger partial charge is 0.248 e. The van der Waals surface area contributed by atoms with Gasteiger partial charge in [0.1, 0.15) is 5.03 Å². The molecular formula is C14H16F2N2OS. The molecule has 0 radical (unpaired) electrons. The van der Waals surface area contributed by atoms with Crippen LogP contribution in [0, 0.1) is 5.92 Å². The fourth-order valence-electron chi connectivity index (χ4n) is 2.79. The zero-order valence-corrected chi connectivity index (χ0v) is 11.8. The maximum absolute atomic E-state index is 13.2. The highest BCUT2D eigenvalue weighted by Crippen LogP contribution is 2.39. The Morgan fingerprint density at radius 2 is 2.15 bits per heavy atom. The summed E-state index contributed by atoms with van der Waals surface area (Å²) < 4.78 is 26.4. The van der Waals surface area contributed by atoms with Crippen LogP contribution in [0.3, 0.4) is 0 Å².